The minimum absolute atomic E-state index is 0.287. The highest BCUT2D eigenvalue weighted by molar-refractivity contribution is 6.17. The van der Waals surface area contributed by atoms with Gasteiger partial charge in [-0.3, -0.25) is 0 Å². The first-order valence-corrected chi connectivity index (χ1v) is 3.92. The third-order valence-corrected chi connectivity index (χ3v) is 1.81. The van der Waals surface area contributed by atoms with E-state index in [1.807, 2.05) is 0 Å². The Bertz CT molecular complexity index is 71.3. The van der Waals surface area contributed by atoms with Gasteiger partial charge in [-0.05, 0) is 24.8 Å². The standard InChI is InChI=1S/C7H16ClN/c1-7(2,6-9)4-3-5-8/h3-6,9H2,1-2H3. The monoisotopic (exact) mass is 149 g/mol. The average molecular weight is 150 g/mol. The van der Waals surface area contributed by atoms with Crippen LogP contribution >= 0.6 is 11.6 Å². The van der Waals surface area contributed by atoms with Crippen LogP contribution in [0.15, 0.2) is 0 Å². The molecule has 0 unspecified atom stereocenters. The maximum atomic E-state index is 5.52. The van der Waals surface area contributed by atoms with Gasteiger partial charge in [-0.25, -0.2) is 0 Å². The van der Waals surface area contributed by atoms with Gasteiger partial charge in [-0.2, -0.15) is 0 Å². The van der Waals surface area contributed by atoms with Crippen LogP contribution < -0.4 is 5.73 Å². The second kappa shape index (κ2) is 4.13. The molecule has 0 atom stereocenters. The predicted octanol–water partition coefficient (Wildman–Crippen LogP) is 1.99. The van der Waals surface area contributed by atoms with Crippen LogP contribution in [0.1, 0.15) is 26.7 Å². The third-order valence-electron chi connectivity index (χ3n) is 1.54. The van der Waals surface area contributed by atoms with Crippen LogP contribution in [0.2, 0.25) is 0 Å². The van der Waals surface area contributed by atoms with Crippen molar-refractivity contribution in [1.29, 1.82) is 0 Å². The highest BCUT2D eigenvalue weighted by Gasteiger charge is 2.13. The summed E-state index contributed by atoms with van der Waals surface area (Å²) in [5.41, 5.74) is 5.79. The van der Waals surface area contributed by atoms with Gasteiger partial charge < -0.3 is 5.73 Å². The van der Waals surface area contributed by atoms with E-state index in [1.54, 1.807) is 0 Å². The smallest absolute Gasteiger partial charge is 0.0223 e. The SMILES string of the molecule is CC(C)(CN)CCCCl. The molecule has 0 heterocycles. The first-order valence-electron chi connectivity index (χ1n) is 3.38. The molecule has 0 aromatic heterocycles. The molecule has 0 aliphatic carbocycles. The molecule has 0 aliphatic rings. The Hall–Kier alpha value is 0.250. The van der Waals surface area contributed by atoms with Gasteiger partial charge in [0.05, 0.1) is 0 Å². The molecule has 9 heavy (non-hydrogen) atoms. The molecule has 0 aliphatic heterocycles. The summed E-state index contributed by atoms with van der Waals surface area (Å²) in [7, 11) is 0. The number of hydrogen-bond acceptors (Lipinski definition) is 1. The van der Waals surface area contributed by atoms with Crippen LogP contribution in [-0.4, -0.2) is 12.4 Å². The van der Waals surface area contributed by atoms with E-state index in [0.29, 0.717) is 0 Å². The van der Waals surface area contributed by atoms with Crippen LogP contribution in [0.25, 0.3) is 0 Å². The molecule has 0 aromatic carbocycles. The maximum Gasteiger partial charge on any atom is 0.0223 e. The van der Waals surface area contributed by atoms with Crippen LogP contribution in [0.3, 0.4) is 0 Å². The number of halogens is 1. The summed E-state index contributed by atoms with van der Waals surface area (Å²) in [5.74, 6) is 0.753. The van der Waals surface area contributed by atoms with Crippen molar-refractivity contribution < 1.29 is 0 Å². The normalized spacial score (nSPS) is 12.0. The first-order chi connectivity index (χ1) is 4.12. The first kappa shape index (κ1) is 9.25. The molecule has 0 saturated heterocycles. The number of hydrogen-bond donors (Lipinski definition) is 1. The van der Waals surface area contributed by atoms with Crippen LogP contribution in [0.4, 0.5) is 0 Å². The molecule has 2 N–H and O–H groups in total. The van der Waals surface area contributed by atoms with E-state index in [4.69, 9.17) is 17.3 Å². The van der Waals surface area contributed by atoms with Crippen LogP contribution in [0, 0.1) is 5.41 Å². The molecule has 0 saturated carbocycles. The van der Waals surface area contributed by atoms with Gasteiger partial charge in [0, 0.05) is 5.88 Å². The van der Waals surface area contributed by atoms with Gasteiger partial charge in [0.1, 0.15) is 0 Å². The van der Waals surface area contributed by atoms with E-state index in [2.05, 4.69) is 13.8 Å². The molecule has 1 nitrogen and oxygen atoms in total. The molecule has 0 rings (SSSR count). The Morgan fingerprint density at radius 2 is 2.00 bits per heavy atom. The van der Waals surface area contributed by atoms with Gasteiger partial charge in [-0.1, -0.05) is 13.8 Å². The lowest BCUT2D eigenvalue weighted by Crippen LogP contribution is -2.23. The summed E-state index contributed by atoms with van der Waals surface area (Å²) in [5, 5.41) is 0. The van der Waals surface area contributed by atoms with E-state index in [9.17, 15) is 0 Å². The minimum atomic E-state index is 0.287. The fourth-order valence-electron chi connectivity index (χ4n) is 0.647. The Labute approximate surface area is 62.6 Å². The lowest BCUT2D eigenvalue weighted by Gasteiger charge is -2.20. The zero-order chi connectivity index (χ0) is 7.33. The van der Waals surface area contributed by atoms with E-state index in [-0.39, 0.29) is 5.41 Å². The van der Waals surface area contributed by atoms with E-state index >= 15 is 0 Å². The average Bonchev–Trinajstić information content (AvgIpc) is 1.84. The van der Waals surface area contributed by atoms with E-state index in [1.165, 1.54) is 0 Å². The molecule has 0 fully saturated rings. The molecule has 0 amide bonds. The Balaban J connectivity index is 3.33. The van der Waals surface area contributed by atoms with Crippen molar-refractivity contribution in [3.8, 4) is 0 Å². The molecule has 0 radical (unpaired) electrons. The molecule has 0 bridgehead atoms. The highest BCUT2D eigenvalue weighted by Crippen LogP contribution is 2.19. The van der Waals surface area contributed by atoms with Gasteiger partial charge >= 0.3 is 0 Å². The molecule has 0 aromatic rings. The zero-order valence-electron chi connectivity index (χ0n) is 6.28. The fraction of sp³-hybridized carbons (Fsp3) is 1.00. The van der Waals surface area contributed by atoms with Crippen molar-refractivity contribution in [2.45, 2.75) is 26.7 Å². The topological polar surface area (TPSA) is 26.0 Å². The zero-order valence-corrected chi connectivity index (χ0v) is 7.04. The number of nitrogens with two attached hydrogens (primary N) is 1. The Morgan fingerprint density at radius 1 is 1.44 bits per heavy atom. The van der Waals surface area contributed by atoms with Crippen molar-refractivity contribution >= 4 is 11.6 Å². The lowest BCUT2D eigenvalue weighted by molar-refractivity contribution is 0.344. The third kappa shape index (κ3) is 4.73. The summed E-state index contributed by atoms with van der Waals surface area (Å²) in [6.45, 7) is 5.09. The van der Waals surface area contributed by atoms with Crippen molar-refractivity contribution in [3.63, 3.8) is 0 Å². The summed E-state index contributed by atoms with van der Waals surface area (Å²) < 4.78 is 0. The molecule has 56 valence electrons. The number of rotatable bonds is 4. The maximum absolute atomic E-state index is 5.52. The molecule has 0 spiro atoms. The molecular formula is C7H16ClN. The highest BCUT2D eigenvalue weighted by atomic mass is 35.5. The van der Waals surface area contributed by atoms with Gasteiger partial charge in [0.25, 0.3) is 0 Å². The summed E-state index contributed by atoms with van der Waals surface area (Å²) in [6, 6.07) is 0. The summed E-state index contributed by atoms with van der Waals surface area (Å²) >= 11 is 5.52. The quantitative estimate of drug-likeness (QED) is 0.608. The van der Waals surface area contributed by atoms with Crippen molar-refractivity contribution in [1.82, 2.24) is 0 Å². The van der Waals surface area contributed by atoms with Gasteiger partial charge in [0.2, 0.25) is 0 Å². The van der Waals surface area contributed by atoms with Crippen molar-refractivity contribution in [2.24, 2.45) is 11.1 Å². The molecule has 2 heteroatoms. The van der Waals surface area contributed by atoms with Crippen molar-refractivity contribution in [3.05, 3.63) is 0 Å². The van der Waals surface area contributed by atoms with Gasteiger partial charge in [-0.15, -0.1) is 11.6 Å². The molecular weight excluding hydrogens is 134 g/mol. The van der Waals surface area contributed by atoms with Crippen molar-refractivity contribution in [2.75, 3.05) is 12.4 Å². The number of alkyl halides is 1. The minimum Gasteiger partial charge on any atom is -0.330 e. The summed E-state index contributed by atoms with van der Waals surface area (Å²) in [4.78, 5) is 0. The van der Waals surface area contributed by atoms with Gasteiger partial charge in [0.15, 0.2) is 0 Å². The van der Waals surface area contributed by atoms with Crippen LogP contribution in [-0.2, 0) is 0 Å². The van der Waals surface area contributed by atoms with E-state index in [0.717, 1.165) is 25.3 Å². The largest absolute Gasteiger partial charge is 0.330 e. The Kier molecular flexibility index (Phi) is 4.24. The summed E-state index contributed by atoms with van der Waals surface area (Å²) in [6.07, 6.45) is 2.21. The second-order valence-corrected chi connectivity index (χ2v) is 3.54. The van der Waals surface area contributed by atoms with Crippen LogP contribution in [0.5, 0.6) is 0 Å². The van der Waals surface area contributed by atoms with E-state index < -0.39 is 0 Å². The predicted molar refractivity (Wildman–Crippen MR) is 42.8 cm³/mol. The lowest BCUT2D eigenvalue weighted by atomic mass is 9.88. The Morgan fingerprint density at radius 3 is 2.33 bits per heavy atom. The fourth-order valence-corrected chi connectivity index (χ4v) is 0.781. The second-order valence-electron chi connectivity index (χ2n) is 3.16.